The monoisotopic (exact) mass is 260 g/mol. The van der Waals surface area contributed by atoms with Crippen LogP contribution < -0.4 is 11.1 Å². The van der Waals surface area contributed by atoms with Crippen molar-refractivity contribution in [3.8, 4) is 0 Å². The fourth-order valence-electron chi connectivity index (χ4n) is 3.56. The fraction of sp³-hybridized carbons (Fsp3) is 0.647. The number of benzene rings is 1. The van der Waals surface area contributed by atoms with Crippen LogP contribution in [0.2, 0.25) is 0 Å². The first-order valence-electron chi connectivity index (χ1n) is 7.61. The number of nitrogen functional groups attached to an aromatic ring is 1. The summed E-state index contributed by atoms with van der Waals surface area (Å²) in [6.07, 6.45) is 6.87. The highest BCUT2D eigenvalue weighted by atomic mass is 14.9. The Morgan fingerprint density at radius 1 is 1.26 bits per heavy atom. The molecular formula is C17H28N2. The molecule has 0 heterocycles. The van der Waals surface area contributed by atoms with Crippen LogP contribution in [-0.2, 0) is 0 Å². The fourth-order valence-corrected chi connectivity index (χ4v) is 3.56. The number of nitrogens with two attached hydrogens (primary N) is 1. The van der Waals surface area contributed by atoms with Gasteiger partial charge in [-0.15, -0.1) is 0 Å². The SMILES string of the molecule is Cc1ccc(N)cc1NCC1(CC(C)C)CCCC1. The maximum atomic E-state index is 5.88. The Kier molecular flexibility index (Phi) is 4.38. The van der Waals surface area contributed by atoms with Gasteiger partial charge in [0, 0.05) is 17.9 Å². The van der Waals surface area contributed by atoms with E-state index in [1.807, 2.05) is 6.07 Å². The Balaban J connectivity index is 2.04. The molecule has 1 aromatic rings. The standard InChI is InChI=1S/C17H28N2/c1-13(2)11-17(8-4-5-9-17)12-19-16-10-15(18)7-6-14(16)3/h6-7,10,13,19H,4-5,8-9,11-12,18H2,1-3H3. The lowest BCUT2D eigenvalue weighted by Gasteiger charge is -2.32. The van der Waals surface area contributed by atoms with Gasteiger partial charge in [-0.1, -0.05) is 32.8 Å². The van der Waals surface area contributed by atoms with Gasteiger partial charge in [-0.2, -0.15) is 0 Å². The molecular weight excluding hydrogens is 232 g/mol. The minimum Gasteiger partial charge on any atom is -0.399 e. The van der Waals surface area contributed by atoms with E-state index in [0.29, 0.717) is 5.41 Å². The Morgan fingerprint density at radius 2 is 1.95 bits per heavy atom. The summed E-state index contributed by atoms with van der Waals surface area (Å²) in [4.78, 5) is 0. The molecule has 2 rings (SSSR count). The summed E-state index contributed by atoms with van der Waals surface area (Å²) in [6.45, 7) is 7.92. The van der Waals surface area contributed by atoms with Gasteiger partial charge in [0.05, 0.1) is 0 Å². The number of nitrogens with one attached hydrogen (secondary N) is 1. The topological polar surface area (TPSA) is 38.0 Å². The van der Waals surface area contributed by atoms with Crippen molar-refractivity contribution in [1.82, 2.24) is 0 Å². The molecule has 19 heavy (non-hydrogen) atoms. The Hall–Kier alpha value is -1.18. The van der Waals surface area contributed by atoms with E-state index in [9.17, 15) is 0 Å². The zero-order valence-electron chi connectivity index (χ0n) is 12.6. The lowest BCUT2D eigenvalue weighted by Crippen LogP contribution is -2.28. The van der Waals surface area contributed by atoms with E-state index < -0.39 is 0 Å². The molecule has 2 nitrogen and oxygen atoms in total. The summed E-state index contributed by atoms with van der Waals surface area (Å²) in [7, 11) is 0. The summed E-state index contributed by atoms with van der Waals surface area (Å²) in [6, 6.07) is 6.13. The van der Waals surface area contributed by atoms with Crippen LogP contribution in [0, 0.1) is 18.3 Å². The van der Waals surface area contributed by atoms with Crippen LogP contribution in [0.25, 0.3) is 0 Å². The third-order valence-corrected chi connectivity index (χ3v) is 4.42. The highest BCUT2D eigenvalue weighted by Crippen LogP contribution is 2.43. The quantitative estimate of drug-likeness (QED) is 0.760. The van der Waals surface area contributed by atoms with E-state index in [1.165, 1.54) is 43.4 Å². The van der Waals surface area contributed by atoms with Crippen molar-refractivity contribution in [2.24, 2.45) is 11.3 Å². The van der Waals surface area contributed by atoms with Crippen molar-refractivity contribution in [1.29, 1.82) is 0 Å². The molecule has 1 aromatic carbocycles. The van der Waals surface area contributed by atoms with Crippen molar-refractivity contribution >= 4 is 11.4 Å². The molecule has 1 fully saturated rings. The molecule has 106 valence electrons. The van der Waals surface area contributed by atoms with Crippen LogP contribution in [-0.4, -0.2) is 6.54 Å². The lowest BCUT2D eigenvalue weighted by atomic mass is 9.78. The van der Waals surface area contributed by atoms with Crippen molar-refractivity contribution in [2.75, 3.05) is 17.6 Å². The van der Waals surface area contributed by atoms with E-state index in [4.69, 9.17) is 5.73 Å². The van der Waals surface area contributed by atoms with Gasteiger partial charge in [0.2, 0.25) is 0 Å². The molecule has 0 aliphatic heterocycles. The van der Waals surface area contributed by atoms with E-state index in [0.717, 1.165) is 18.2 Å². The molecule has 0 saturated heterocycles. The van der Waals surface area contributed by atoms with E-state index in [-0.39, 0.29) is 0 Å². The maximum Gasteiger partial charge on any atom is 0.0390 e. The van der Waals surface area contributed by atoms with Crippen LogP contribution >= 0.6 is 0 Å². The molecule has 2 heteroatoms. The first kappa shape index (κ1) is 14.2. The molecule has 1 aliphatic carbocycles. The molecule has 0 atom stereocenters. The second-order valence-electron chi connectivity index (χ2n) is 6.73. The second-order valence-corrected chi connectivity index (χ2v) is 6.73. The van der Waals surface area contributed by atoms with Crippen LogP contribution in [0.1, 0.15) is 51.5 Å². The van der Waals surface area contributed by atoms with Gasteiger partial charge in [-0.05, 0) is 55.2 Å². The van der Waals surface area contributed by atoms with E-state index >= 15 is 0 Å². The Morgan fingerprint density at radius 3 is 2.58 bits per heavy atom. The van der Waals surface area contributed by atoms with Crippen molar-refractivity contribution in [3.63, 3.8) is 0 Å². The minimum atomic E-state index is 0.505. The predicted molar refractivity (Wildman–Crippen MR) is 84.4 cm³/mol. The van der Waals surface area contributed by atoms with Gasteiger partial charge in [0.15, 0.2) is 0 Å². The van der Waals surface area contributed by atoms with Gasteiger partial charge < -0.3 is 11.1 Å². The Labute approximate surface area is 117 Å². The smallest absolute Gasteiger partial charge is 0.0390 e. The molecule has 0 radical (unpaired) electrons. The molecule has 0 unspecified atom stereocenters. The van der Waals surface area contributed by atoms with Crippen molar-refractivity contribution in [3.05, 3.63) is 23.8 Å². The summed E-state index contributed by atoms with van der Waals surface area (Å²) in [5.41, 5.74) is 9.72. The number of rotatable bonds is 5. The second kappa shape index (κ2) is 5.85. The highest BCUT2D eigenvalue weighted by molar-refractivity contribution is 5.59. The summed E-state index contributed by atoms with van der Waals surface area (Å²) in [5, 5.41) is 3.66. The van der Waals surface area contributed by atoms with Crippen LogP contribution in [0.15, 0.2) is 18.2 Å². The minimum absolute atomic E-state index is 0.505. The number of aryl methyl sites for hydroxylation is 1. The van der Waals surface area contributed by atoms with Crippen molar-refractivity contribution < 1.29 is 0 Å². The zero-order valence-corrected chi connectivity index (χ0v) is 12.6. The molecule has 3 N–H and O–H groups in total. The van der Waals surface area contributed by atoms with Gasteiger partial charge in [-0.3, -0.25) is 0 Å². The summed E-state index contributed by atoms with van der Waals surface area (Å²) in [5.74, 6) is 0.779. The predicted octanol–water partition coefficient (Wildman–Crippen LogP) is 4.60. The molecule has 0 amide bonds. The largest absolute Gasteiger partial charge is 0.399 e. The molecule has 1 aliphatic rings. The Bertz CT molecular complexity index is 417. The number of hydrogen-bond donors (Lipinski definition) is 2. The zero-order chi connectivity index (χ0) is 13.9. The van der Waals surface area contributed by atoms with Gasteiger partial charge in [-0.25, -0.2) is 0 Å². The first-order chi connectivity index (χ1) is 9.01. The van der Waals surface area contributed by atoms with Crippen LogP contribution in [0.4, 0.5) is 11.4 Å². The number of anilines is 2. The van der Waals surface area contributed by atoms with Crippen LogP contribution in [0.3, 0.4) is 0 Å². The highest BCUT2D eigenvalue weighted by Gasteiger charge is 2.34. The maximum absolute atomic E-state index is 5.88. The molecule has 1 saturated carbocycles. The summed E-state index contributed by atoms with van der Waals surface area (Å²) < 4.78 is 0. The van der Waals surface area contributed by atoms with E-state index in [1.54, 1.807) is 0 Å². The average molecular weight is 260 g/mol. The molecule has 0 aromatic heterocycles. The number of hydrogen-bond acceptors (Lipinski definition) is 2. The lowest BCUT2D eigenvalue weighted by molar-refractivity contribution is 0.252. The third-order valence-electron chi connectivity index (χ3n) is 4.42. The van der Waals surface area contributed by atoms with Crippen LogP contribution in [0.5, 0.6) is 0 Å². The van der Waals surface area contributed by atoms with Gasteiger partial charge in [0.25, 0.3) is 0 Å². The van der Waals surface area contributed by atoms with E-state index in [2.05, 4.69) is 38.2 Å². The third kappa shape index (κ3) is 3.65. The molecule has 0 spiro atoms. The van der Waals surface area contributed by atoms with Gasteiger partial charge >= 0.3 is 0 Å². The normalized spacial score (nSPS) is 17.9. The van der Waals surface area contributed by atoms with Crippen molar-refractivity contribution in [2.45, 2.75) is 52.9 Å². The summed E-state index contributed by atoms with van der Waals surface area (Å²) >= 11 is 0. The molecule has 0 bridgehead atoms. The van der Waals surface area contributed by atoms with Gasteiger partial charge in [0.1, 0.15) is 0 Å². The average Bonchev–Trinajstić information content (AvgIpc) is 2.78. The first-order valence-corrected chi connectivity index (χ1v) is 7.61.